The lowest BCUT2D eigenvalue weighted by Crippen LogP contribution is -2.58. The molecule has 0 radical (unpaired) electrons. The summed E-state index contributed by atoms with van der Waals surface area (Å²) >= 11 is 0. The summed E-state index contributed by atoms with van der Waals surface area (Å²) in [5.74, 6) is -2.49. The van der Waals surface area contributed by atoms with Crippen LogP contribution in [0.2, 0.25) is 0 Å². The number of anilines is 1. The van der Waals surface area contributed by atoms with E-state index in [1.165, 1.54) is 6.21 Å². The molecule has 0 aliphatic carbocycles. The lowest BCUT2D eigenvalue weighted by molar-refractivity contribution is -0.131. The number of aliphatic imine (C=N–C) groups is 1. The van der Waals surface area contributed by atoms with Crippen molar-refractivity contribution >= 4 is 35.4 Å². The van der Waals surface area contributed by atoms with Gasteiger partial charge in [-0.25, -0.2) is 9.69 Å². The Kier molecular flexibility index (Phi) is 4.15. The maximum atomic E-state index is 12.6. The number of amides is 4. The van der Waals surface area contributed by atoms with Crippen LogP contribution in [0.5, 0.6) is 0 Å². The monoisotopic (exact) mass is 322 g/mol. The third kappa shape index (κ3) is 3.05. The summed E-state index contributed by atoms with van der Waals surface area (Å²) in [6.45, 7) is 1.85. The van der Waals surface area contributed by atoms with E-state index in [-0.39, 0.29) is 0 Å². The van der Waals surface area contributed by atoms with Gasteiger partial charge in [-0.3, -0.25) is 24.9 Å². The van der Waals surface area contributed by atoms with Crippen molar-refractivity contribution in [1.29, 1.82) is 0 Å². The van der Waals surface area contributed by atoms with Gasteiger partial charge in [0.1, 0.15) is 0 Å². The standard InChI is InChI=1S/C17H14N4O3/c1-11-3-2-4-13(9-11)21-16(23)14(15(22)20-17(21)24)10-19-12-5-7-18-8-6-12/h2-10,14H,1H3,(H,20,22,24)/t14-/m0/s1. The average Bonchev–Trinajstić information content (AvgIpc) is 2.55. The van der Waals surface area contributed by atoms with Gasteiger partial charge in [0, 0.05) is 18.6 Å². The normalized spacial score (nSPS) is 18.1. The molecule has 24 heavy (non-hydrogen) atoms. The van der Waals surface area contributed by atoms with Crippen LogP contribution < -0.4 is 10.2 Å². The summed E-state index contributed by atoms with van der Waals surface area (Å²) < 4.78 is 0. The molecule has 7 nitrogen and oxygen atoms in total. The van der Waals surface area contributed by atoms with Crippen molar-refractivity contribution < 1.29 is 14.4 Å². The molecule has 0 spiro atoms. The van der Waals surface area contributed by atoms with Crippen molar-refractivity contribution in [2.75, 3.05) is 4.90 Å². The van der Waals surface area contributed by atoms with Crippen LogP contribution in [-0.4, -0.2) is 29.0 Å². The predicted molar refractivity (Wildman–Crippen MR) is 88.1 cm³/mol. The molecule has 1 atom stereocenters. The number of carbonyl (C=O) groups excluding carboxylic acids is 3. The highest BCUT2D eigenvalue weighted by Crippen LogP contribution is 2.21. The maximum absolute atomic E-state index is 12.6. The van der Waals surface area contributed by atoms with Crippen LogP contribution in [0.3, 0.4) is 0 Å². The fourth-order valence-electron chi connectivity index (χ4n) is 2.32. The van der Waals surface area contributed by atoms with Gasteiger partial charge in [-0.1, -0.05) is 12.1 Å². The number of urea groups is 1. The van der Waals surface area contributed by atoms with Crippen LogP contribution in [0.25, 0.3) is 0 Å². The molecule has 2 aromatic rings. The lowest BCUT2D eigenvalue weighted by atomic mass is 10.1. The number of barbiturate groups is 1. The van der Waals surface area contributed by atoms with Crippen LogP contribution in [-0.2, 0) is 9.59 Å². The van der Waals surface area contributed by atoms with Gasteiger partial charge in [0.05, 0.1) is 11.4 Å². The predicted octanol–water partition coefficient (Wildman–Crippen LogP) is 1.99. The Hall–Kier alpha value is -3.35. The van der Waals surface area contributed by atoms with E-state index in [0.29, 0.717) is 11.4 Å². The lowest BCUT2D eigenvalue weighted by Gasteiger charge is -2.28. The van der Waals surface area contributed by atoms with Crippen molar-refractivity contribution in [1.82, 2.24) is 10.3 Å². The number of hydrogen-bond donors (Lipinski definition) is 1. The van der Waals surface area contributed by atoms with E-state index in [1.807, 2.05) is 13.0 Å². The zero-order chi connectivity index (χ0) is 17.1. The molecule has 2 heterocycles. The molecule has 1 aromatic carbocycles. The molecule has 0 saturated carbocycles. The average molecular weight is 322 g/mol. The molecule has 1 aliphatic heterocycles. The van der Waals surface area contributed by atoms with Gasteiger partial charge in [0.2, 0.25) is 5.91 Å². The van der Waals surface area contributed by atoms with E-state index in [9.17, 15) is 14.4 Å². The fraction of sp³-hybridized carbons (Fsp3) is 0.118. The van der Waals surface area contributed by atoms with E-state index < -0.39 is 23.8 Å². The fourth-order valence-corrected chi connectivity index (χ4v) is 2.32. The van der Waals surface area contributed by atoms with Crippen LogP contribution in [0, 0.1) is 12.8 Å². The molecular weight excluding hydrogens is 308 g/mol. The highest BCUT2D eigenvalue weighted by Gasteiger charge is 2.40. The van der Waals surface area contributed by atoms with Gasteiger partial charge < -0.3 is 0 Å². The molecule has 1 aliphatic rings. The van der Waals surface area contributed by atoms with Crippen molar-refractivity contribution in [3.05, 3.63) is 54.4 Å². The summed E-state index contributed by atoms with van der Waals surface area (Å²) in [6, 6.07) is 9.45. The molecule has 1 fully saturated rings. The van der Waals surface area contributed by atoms with Crippen molar-refractivity contribution in [2.45, 2.75) is 6.92 Å². The smallest absolute Gasteiger partial charge is 0.276 e. The van der Waals surface area contributed by atoms with Crippen molar-refractivity contribution in [2.24, 2.45) is 10.9 Å². The van der Waals surface area contributed by atoms with Crippen LogP contribution >= 0.6 is 0 Å². The zero-order valence-electron chi connectivity index (χ0n) is 12.8. The SMILES string of the molecule is Cc1cccc(N2C(=O)NC(=O)[C@H](C=Nc3ccncc3)C2=O)c1. The molecule has 1 aromatic heterocycles. The Morgan fingerprint density at radius 1 is 1.17 bits per heavy atom. The number of nitrogens with one attached hydrogen (secondary N) is 1. The van der Waals surface area contributed by atoms with Gasteiger partial charge >= 0.3 is 6.03 Å². The molecule has 4 amide bonds. The van der Waals surface area contributed by atoms with Gasteiger partial charge in [-0.2, -0.15) is 0 Å². The molecule has 1 N–H and O–H groups in total. The molecule has 0 unspecified atom stereocenters. The minimum Gasteiger partial charge on any atom is -0.276 e. The summed E-state index contributed by atoms with van der Waals surface area (Å²) in [7, 11) is 0. The van der Waals surface area contributed by atoms with E-state index >= 15 is 0 Å². The summed E-state index contributed by atoms with van der Waals surface area (Å²) in [5, 5.41) is 2.19. The minimum atomic E-state index is -1.17. The number of hydrogen-bond acceptors (Lipinski definition) is 5. The second-order valence-electron chi connectivity index (χ2n) is 5.27. The van der Waals surface area contributed by atoms with Crippen molar-refractivity contribution in [3.63, 3.8) is 0 Å². The van der Waals surface area contributed by atoms with E-state index in [2.05, 4.69) is 15.3 Å². The molecule has 1 saturated heterocycles. The second kappa shape index (κ2) is 6.41. The van der Waals surface area contributed by atoms with Gasteiger partial charge in [-0.15, -0.1) is 0 Å². The Labute approximate surface area is 138 Å². The Morgan fingerprint density at radius 2 is 1.92 bits per heavy atom. The maximum Gasteiger partial charge on any atom is 0.335 e. The number of benzene rings is 1. The van der Waals surface area contributed by atoms with Crippen molar-refractivity contribution in [3.8, 4) is 0 Å². The minimum absolute atomic E-state index is 0.410. The van der Waals surface area contributed by atoms with Gasteiger partial charge in [0.25, 0.3) is 5.91 Å². The number of aromatic nitrogens is 1. The van der Waals surface area contributed by atoms with E-state index in [0.717, 1.165) is 10.5 Å². The third-order valence-electron chi connectivity index (χ3n) is 3.50. The zero-order valence-corrected chi connectivity index (χ0v) is 12.8. The molecule has 7 heteroatoms. The number of pyridine rings is 1. The second-order valence-corrected chi connectivity index (χ2v) is 5.27. The summed E-state index contributed by atoms with van der Waals surface area (Å²) in [5.41, 5.74) is 1.86. The van der Waals surface area contributed by atoms with Gasteiger partial charge in [0.15, 0.2) is 5.92 Å². The Balaban J connectivity index is 1.90. The summed E-state index contributed by atoms with van der Waals surface area (Å²) in [4.78, 5) is 45.6. The first kappa shape index (κ1) is 15.5. The van der Waals surface area contributed by atoms with E-state index in [4.69, 9.17) is 0 Å². The van der Waals surface area contributed by atoms with E-state index in [1.54, 1.807) is 42.7 Å². The third-order valence-corrected chi connectivity index (χ3v) is 3.50. The highest BCUT2D eigenvalue weighted by molar-refractivity contribution is 6.32. The van der Waals surface area contributed by atoms with Crippen LogP contribution in [0.1, 0.15) is 5.56 Å². The topological polar surface area (TPSA) is 91.7 Å². The first-order valence-electron chi connectivity index (χ1n) is 7.26. The molecular formula is C17H14N4O3. The first-order chi connectivity index (χ1) is 11.6. The Morgan fingerprint density at radius 3 is 2.62 bits per heavy atom. The number of nitrogens with zero attached hydrogens (tertiary/aromatic N) is 3. The first-order valence-corrected chi connectivity index (χ1v) is 7.26. The number of aryl methyl sites for hydroxylation is 1. The number of rotatable bonds is 3. The van der Waals surface area contributed by atoms with Crippen LogP contribution in [0.4, 0.5) is 16.2 Å². The largest absolute Gasteiger partial charge is 0.335 e. The number of carbonyl (C=O) groups is 3. The Bertz CT molecular complexity index is 833. The number of imide groups is 2. The van der Waals surface area contributed by atoms with Gasteiger partial charge in [-0.05, 0) is 36.8 Å². The molecule has 0 bridgehead atoms. The highest BCUT2D eigenvalue weighted by atomic mass is 16.2. The molecule has 3 rings (SSSR count). The quantitative estimate of drug-likeness (QED) is 0.691. The van der Waals surface area contributed by atoms with Crippen LogP contribution in [0.15, 0.2) is 53.8 Å². The molecule has 120 valence electrons. The summed E-state index contributed by atoms with van der Waals surface area (Å²) in [6.07, 6.45) is 4.35.